The Hall–Kier alpha value is -3.07. The van der Waals surface area contributed by atoms with Crippen molar-refractivity contribution in [2.45, 2.75) is 46.1 Å². The standard InChI is InChI=1S/C22H26N4O2/c1-3-18-21(17-9-7-16(14-23)8-10-17)20(22(24)28)15(2)26(18)13-5-12-25-11-4-6-19(25)27/h7-10H,3-6,11-13H2,1-2H3,(H2,24,28). The van der Waals surface area contributed by atoms with Gasteiger partial charge in [-0.2, -0.15) is 5.26 Å². The van der Waals surface area contributed by atoms with Crippen LogP contribution in [0.2, 0.25) is 0 Å². The molecule has 2 N–H and O–H groups in total. The van der Waals surface area contributed by atoms with Gasteiger partial charge in [0.1, 0.15) is 0 Å². The highest BCUT2D eigenvalue weighted by Gasteiger charge is 2.24. The van der Waals surface area contributed by atoms with Gasteiger partial charge >= 0.3 is 0 Å². The lowest BCUT2D eigenvalue weighted by Gasteiger charge is -2.17. The summed E-state index contributed by atoms with van der Waals surface area (Å²) in [5.74, 6) is -0.212. The molecule has 1 fully saturated rings. The summed E-state index contributed by atoms with van der Waals surface area (Å²) in [5.41, 5.74) is 10.5. The minimum Gasteiger partial charge on any atom is -0.366 e. The maximum Gasteiger partial charge on any atom is 0.251 e. The molecule has 0 radical (unpaired) electrons. The zero-order chi connectivity index (χ0) is 20.3. The highest BCUT2D eigenvalue weighted by molar-refractivity contribution is 6.02. The maximum atomic E-state index is 12.3. The minimum atomic E-state index is -0.444. The highest BCUT2D eigenvalue weighted by Crippen LogP contribution is 2.33. The van der Waals surface area contributed by atoms with Gasteiger partial charge in [0.05, 0.1) is 17.2 Å². The van der Waals surface area contributed by atoms with E-state index in [9.17, 15) is 9.59 Å². The molecule has 1 aromatic heterocycles. The van der Waals surface area contributed by atoms with E-state index >= 15 is 0 Å². The summed E-state index contributed by atoms with van der Waals surface area (Å²) in [6.07, 6.45) is 3.18. The number of carbonyl (C=O) groups is 2. The lowest BCUT2D eigenvalue weighted by atomic mass is 9.98. The summed E-state index contributed by atoms with van der Waals surface area (Å²) in [7, 11) is 0. The van der Waals surface area contributed by atoms with E-state index in [1.54, 1.807) is 12.1 Å². The largest absolute Gasteiger partial charge is 0.366 e. The Balaban J connectivity index is 1.94. The molecule has 0 aliphatic carbocycles. The normalized spacial score (nSPS) is 13.8. The first-order valence-corrected chi connectivity index (χ1v) is 9.78. The third kappa shape index (κ3) is 3.65. The molecule has 3 rings (SSSR count). The van der Waals surface area contributed by atoms with E-state index in [-0.39, 0.29) is 5.91 Å². The first-order valence-electron chi connectivity index (χ1n) is 9.78. The van der Waals surface area contributed by atoms with Crippen LogP contribution in [-0.2, 0) is 17.8 Å². The third-order valence-corrected chi connectivity index (χ3v) is 5.50. The smallest absolute Gasteiger partial charge is 0.251 e. The van der Waals surface area contributed by atoms with Crippen molar-refractivity contribution < 1.29 is 9.59 Å². The maximum absolute atomic E-state index is 12.3. The van der Waals surface area contributed by atoms with Gasteiger partial charge in [0.2, 0.25) is 5.91 Å². The molecule has 28 heavy (non-hydrogen) atoms. The molecule has 2 aromatic rings. The van der Waals surface area contributed by atoms with E-state index in [1.807, 2.05) is 24.0 Å². The van der Waals surface area contributed by atoms with Crippen molar-refractivity contribution in [1.29, 1.82) is 5.26 Å². The van der Waals surface area contributed by atoms with Crippen LogP contribution in [0.1, 0.15) is 53.5 Å². The summed E-state index contributed by atoms with van der Waals surface area (Å²) >= 11 is 0. The number of nitrogens with two attached hydrogens (primary N) is 1. The van der Waals surface area contributed by atoms with Gasteiger partial charge in [-0.15, -0.1) is 0 Å². The van der Waals surface area contributed by atoms with Gasteiger partial charge in [0.15, 0.2) is 0 Å². The molecule has 146 valence electrons. The fraction of sp³-hybridized carbons (Fsp3) is 0.409. The Morgan fingerprint density at radius 3 is 2.50 bits per heavy atom. The Kier molecular flexibility index (Phi) is 5.84. The summed E-state index contributed by atoms with van der Waals surface area (Å²) in [4.78, 5) is 26.0. The summed E-state index contributed by atoms with van der Waals surface area (Å²) < 4.78 is 2.16. The Morgan fingerprint density at radius 1 is 1.25 bits per heavy atom. The zero-order valence-corrected chi connectivity index (χ0v) is 16.5. The second-order valence-electron chi connectivity index (χ2n) is 7.18. The molecule has 0 unspecified atom stereocenters. The van der Waals surface area contributed by atoms with Crippen molar-refractivity contribution in [2.75, 3.05) is 13.1 Å². The van der Waals surface area contributed by atoms with Crippen LogP contribution in [0.15, 0.2) is 24.3 Å². The Labute approximate surface area is 165 Å². The molecule has 1 aliphatic rings. The lowest BCUT2D eigenvalue weighted by Crippen LogP contribution is -2.26. The van der Waals surface area contributed by atoms with Gasteiger partial charge in [-0.3, -0.25) is 9.59 Å². The second-order valence-corrected chi connectivity index (χ2v) is 7.18. The molecule has 0 bridgehead atoms. The number of nitriles is 1. The quantitative estimate of drug-likeness (QED) is 0.803. The molecule has 1 aromatic carbocycles. The predicted octanol–water partition coefficient (Wildman–Crippen LogP) is 3.01. The van der Waals surface area contributed by atoms with Crippen molar-refractivity contribution in [3.05, 3.63) is 46.8 Å². The first-order chi connectivity index (χ1) is 13.5. The van der Waals surface area contributed by atoms with E-state index in [4.69, 9.17) is 11.0 Å². The van der Waals surface area contributed by atoms with Gasteiger partial charge in [-0.05, 0) is 43.9 Å². The number of carbonyl (C=O) groups excluding carboxylic acids is 2. The molecule has 0 saturated carbocycles. The van der Waals surface area contributed by atoms with Gasteiger partial charge in [0, 0.05) is 43.0 Å². The predicted molar refractivity (Wildman–Crippen MR) is 108 cm³/mol. The van der Waals surface area contributed by atoms with Gasteiger partial charge < -0.3 is 15.2 Å². The van der Waals surface area contributed by atoms with Crippen molar-refractivity contribution in [2.24, 2.45) is 5.73 Å². The van der Waals surface area contributed by atoms with Crippen molar-refractivity contribution in [3.63, 3.8) is 0 Å². The van der Waals surface area contributed by atoms with E-state index in [1.165, 1.54) is 0 Å². The van der Waals surface area contributed by atoms with Crippen LogP contribution < -0.4 is 5.73 Å². The average molecular weight is 378 g/mol. The van der Waals surface area contributed by atoms with Gasteiger partial charge in [0.25, 0.3) is 5.91 Å². The molecule has 6 nitrogen and oxygen atoms in total. The van der Waals surface area contributed by atoms with Crippen molar-refractivity contribution in [3.8, 4) is 17.2 Å². The average Bonchev–Trinajstić information content (AvgIpc) is 3.22. The lowest BCUT2D eigenvalue weighted by molar-refractivity contribution is -0.127. The fourth-order valence-electron chi connectivity index (χ4n) is 4.15. The second kappa shape index (κ2) is 8.30. The third-order valence-electron chi connectivity index (χ3n) is 5.50. The van der Waals surface area contributed by atoms with E-state index in [0.29, 0.717) is 17.5 Å². The minimum absolute atomic E-state index is 0.232. The molecule has 2 heterocycles. The van der Waals surface area contributed by atoms with Crippen molar-refractivity contribution >= 4 is 11.8 Å². The van der Waals surface area contributed by atoms with Crippen LogP contribution in [0.25, 0.3) is 11.1 Å². The first kappa shape index (κ1) is 19.7. The monoisotopic (exact) mass is 378 g/mol. The molecule has 6 heteroatoms. The molecule has 0 spiro atoms. The Bertz CT molecular complexity index is 935. The number of aromatic nitrogens is 1. The number of primary amides is 1. The summed E-state index contributed by atoms with van der Waals surface area (Å²) in [6, 6.07) is 9.36. The number of likely N-dealkylation sites (tertiary alicyclic amines) is 1. The van der Waals surface area contributed by atoms with E-state index < -0.39 is 5.91 Å². The topological polar surface area (TPSA) is 92.1 Å². The number of hydrogen-bond acceptors (Lipinski definition) is 3. The van der Waals surface area contributed by atoms with Crippen LogP contribution in [0.5, 0.6) is 0 Å². The summed E-state index contributed by atoms with van der Waals surface area (Å²) in [6.45, 7) is 6.29. The number of benzene rings is 1. The molecular formula is C22H26N4O2. The van der Waals surface area contributed by atoms with Crippen LogP contribution >= 0.6 is 0 Å². The number of nitrogens with zero attached hydrogens (tertiary/aromatic N) is 3. The van der Waals surface area contributed by atoms with E-state index in [0.717, 1.165) is 61.4 Å². The van der Waals surface area contributed by atoms with Crippen LogP contribution in [0.4, 0.5) is 0 Å². The molecule has 0 atom stereocenters. The van der Waals surface area contributed by atoms with Crippen LogP contribution in [0.3, 0.4) is 0 Å². The summed E-state index contributed by atoms with van der Waals surface area (Å²) in [5, 5.41) is 9.04. The van der Waals surface area contributed by atoms with Gasteiger partial charge in [-0.25, -0.2) is 0 Å². The highest BCUT2D eigenvalue weighted by atomic mass is 16.2. The van der Waals surface area contributed by atoms with E-state index in [2.05, 4.69) is 17.6 Å². The molecule has 1 saturated heterocycles. The number of rotatable bonds is 7. The molecule has 1 aliphatic heterocycles. The Morgan fingerprint density at radius 2 is 1.96 bits per heavy atom. The van der Waals surface area contributed by atoms with Crippen LogP contribution in [0, 0.1) is 18.3 Å². The number of amides is 2. The number of hydrogen-bond donors (Lipinski definition) is 1. The zero-order valence-electron chi connectivity index (χ0n) is 16.5. The van der Waals surface area contributed by atoms with Gasteiger partial charge in [-0.1, -0.05) is 19.1 Å². The fourth-order valence-corrected chi connectivity index (χ4v) is 4.15. The SMILES string of the molecule is CCc1c(-c2ccc(C#N)cc2)c(C(N)=O)c(C)n1CCCN1CCCC1=O. The molecular weight excluding hydrogens is 352 g/mol. The van der Waals surface area contributed by atoms with Crippen molar-refractivity contribution in [1.82, 2.24) is 9.47 Å². The molecule has 2 amide bonds. The van der Waals surface area contributed by atoms with Crippen LogP contribution in [-0.4, -0.2) is 34.4 Å².